The second kappa shape index (κ2) is 11.3. The molecule has 0 atom stereocenters. The van der Waals surface area contributed by atoms with E-state index in [9.17, 15) is 14.4 Å². The molecule has 5 rings (SSSR count). The number of carbonyl (C=O) groups is 3. The van der Waals surface area contributed by atoms with E-state index in [1.807, 2.05) is 36.4 Å². The summed E-state index contributed by atoms with van der Waals surface area (Å²) in [6.45, 7) is -0.0969. The van der Waals surface area contributed by atoms with E-state index in [0.717, 1.165) is 33.0 Å². The number of fused-ring (bicyclic) bond motifs is 1. The summed E-state index contributed by atoms with van der Waals surface area (Å²) in [5.41, 5.74) is 2.14. The summed E-state index contributed by atoms with van der Waals surface area (Å²) in [6.07, 6.45) is 1.62. The molecule has 0 aromatic heterocycles. The number of rotatable bonds is 7. The van der Waals surface area contributed by atoms with Gasteiger partial charge in [-0.25, -0.2) is 0 Å². The predicted molar refractivity (Wildman–Crippen MR) is 152 cm³/mol. The van der Waals surface area contributed by atoms with Crippen LogP contribution in [0, 0.1) is 0 Å². The maximum absolute atomic E-state index is 12.9. The second-order valence-electron chi connectivity index (χ2n) is 8.44. The van der Waals surface area contributed by atoms with Gasteiger partial charge in [0.1, 0.15) is 18.9 Å². The molecule has 1 saturated heterocycles. The molecule has 190 valence electrons. The Morgan fingerprint density at radius 3 is 2.50 bits per heavy atom. The van der Waals surface area contributed by atoms with Gasteiger partial charge in [0.2, 0.25) is 5.91 Å². The Hall–Kier alpha value is -3.78. The minimum absolute atomic E-state index is 0.245. The largest absolute Gasteiger partial charge is 0.489 e. The fourth-order valence-corrected chi connectivity index (χ4v) is 5.22. The third-order valence-corrected chi connectivity index (χ3v) is 7.32. The van der Waals surface area contributed by atoms with Gasteiger partial charge in [-0.05, 0) is 59.1 Å². The molecule has 1 heterocycles. The van der Waals surface area contributed by atoms with Gasteiger partial charge < -0.3 is 10.1 Å². The number of amides is 3. The summed E-state index contributed by atoms with van der Waals surface area (Å²) in [7, 11) is 0. The van der Waals surface area contributed by atoms with Crippen molar-refractivity contribution in [2.45, 2.75) is 6.61 Å². The standard InChI is InChI=1S/C29H20Cl2N2O4S/c30-21-11-10-20(24(31)15-21)17-37-22-12-8-18(9-13-22)14-26-28(35)33(29(36)38-26)16-27(34)32-25-7-3-5-19-4-1-2-6-23(19)25/h1-15H,16-17H2,(H,32,34)/b26-14+. The van der Waals surface area contributed by atoms with Crippen molar-refractivity contribution < 1.29 is 19.1 Å². The van der Waals surface area contributed by atoms with Gasteiger partial charge in [0, 0.05) is 26.7 Å². The summed E-state index contributed by atoms with van der Waals surface area (Å²) in [5.74, 6) is -0.343. The third kappa shape index (κ3) is 5.86. The number of thioether (sulfide) groups is 1. The second-order valence-corrected chi connectivity index (χ2v) is 10.3. The molecule has 1 aliphatic heterocycles. The summed E-state index contributed by atoms with van der Waals surface area (Å²) in [4.78, 5) is 39.3. The Morgan fingerprint density at radius 2 is 1.71 bits per heavy atom. The minimum atomic E-state index is -0.509. The number of nitrogens with one attached hydrogen (secondary N) is 1. The summed E-state index contributed by atoms with van der Waals surface area (Å²) in [6, 6.07) is 25.5. The van der Waals surface area contributed by atoms with Gasteiger partial charge in [-0.1, -0.05) is 77.8 Å². The van der Waals surface area contributed by atoms with Crippen LogP contribution < -0.4 is 10.1 Å². The van der Waals surface area contributed by atoms with E-state index >= 15 is 0 Å². The minimum Gasteiger partial charge on any atom is -0.489 e. The van der Waals surface area contributed by atoms with Crippen LogP contribution in [0.5, 0.6) is 5.75 Å². The van der Waals surface area contributed by atoms with E-state index in [2.05, 4.69) is 5.32 Å². The molecule has 1 N–H and O–H groups in total. The van der Waals surface area contributed by atoms with Crippen LogP contribution in [-0.4, -0.2) is 28.5 Å². The van der Waals surface area contributed by atoms with Gasteiger partial charge in [-0.3, -0.25) is 19.3 Å². The summed E-state index contributed by atoms with van der Waals surface area (Å²) < 4.78 is 5.79. The van der Waals surface area contributed by atoms with Crippen LogP contribution in [0.4, 0.5) is 10.5 Å². The first kappa shape index (κ1) is 25.9. The van der Waals surface area contributed by atoms with Crippen molar-refractivity contribution in [3.63, 3.8) is 0 Å². The van der Waals surface area contributed by atoms with Gasteiger partial charge in [0.25, 0.3) is 11.1 Å². The molecule has 0 radical (unpaired) electrons. The van der Waals surface area contributed by atoms with Crippen LogP contribution in [0.1, 0.15) is 11.1 Å². The SMILES string of the molecule is O=C(CN1C(=O)S/C(=C/c2ccc(OCc3ccc(Cl)cc3Cl)cc2)C1=O)Nc1cccc2ccccc12. The molecule has 3 amide bonds. The normalized spacial score (nSPS) is 14.4. The monoisotopic (exact) mass is 562 g/mol. The molecule has 0 saturated carbocycles. The maximum Gasteiger partial charge on any atom is 0.294 e. The number of benzene rings is 4. The Morgan fingerprint density at radius 1 is 0.947 bits per heavy atom. The van der Waals surface area contributed by atoms with Crippen molar-refractivity contribution in [3.8, 4) is 5.75 Å². The first-order chi connectivity index (χ1) is 18.4. The van der Waals surface area contributed by atoms with E-state index < -0.39 is 17.1 Å². The van der Waals surface area contributed by atoms with Gasteiger partial charge in [-0.2, -0.15) is 0 Å². The van der Waals surface area contributed by atoms with Crippen molar-refractivity contribution in [1.82, 2.24) is 4.90 Å². The molecule has 1 fully saturated rings. The number of ether oxygens (including phenoxy) is 1. The lowest BCUT2D eigenvalue weighted by atomic mass is 10.1. The molecule has 0 spiro atoms. The molecule has 0 unspecified atom stereocenters. The molecule has 6 nitrogen and oxygen atoms in total. The van der Waals surface area contributed by atoms with E-state index in [1.165, 1.54) is 0 Å². The Balaban J connectivity index is 1.21. The number of imide groups is 1. The van der Waals surface area contributed by atoms with Crippen LogP contribution in [0.15, 0.2) is 89.8 Å². The molecule has 1 aliphatic rings. The number of halogens is 2. The first-order valence-electron chi connectivity index (χ1n) is 11.6. The molecule has 9 heteroatoms. The van der Waals surface area contributed by atoms with Crippen LogP contribution in [0.25, 0.3) is 16.8 Å². The van der Waals surface area contributed by atoms with Crippen LogP contribution in [0.3, 0.4) is 0 Å². The van der Waals surface area contributed by atoms with Crippen molar-refractivity contribution in [1.29, 1.82) is 0 Å². The van der Waals surface area contributed by atoms with Crippen molar-refractivity contribution >= 4 is 74.6 Å². The van der Waals surface area contributed by atoms with Crippen LogP contribution in [0.2, 0.25) is 10.0 Å². The topological polar surface area (TPSA) is 75.7 Å². The van der Waals surface area contributed by atoms with E-state index in [-0.39, 0.29) is 18.1 Å². The highest BCUT2D eigenvalue weighted by Crippen LogP contribution is 2.33. The Bertz CT molecular complexity index is 1580. The average Bonchev–Trinajstić information content (AvgIpc) is 3.16. The lowest BCUT2D eigenvalue weighted by Crippen LogP contribution is -2.36. The highest BCUT2D eigenvalue weighted by atomic mass is 35.5. The zero-order valence-corrected chi connectivity index (χ0v) is 22.1. The zero-order chi connectivity index (χ0) is 26.6. The Kier molecular flexibility index (Phi) is 7.69. The molecule has 4 aromatic rings. The van der Waals surface area contributed by atoms with Gasteiger partial charge in [0.15, 0.2) is 0 Å². The fraction of sp³-hybridized carbons (Fsp3) is 0.0690. The third-order valence-electron chi connectivity index (χ3n) is 5.83. The Labute approximate surface area is 233 Å². The highest BCUT2D eigenvalue weighted by Gasteiger charge is 2.36. The maximum atomic E-state index is 12.9. The number of carbonyl (C=O) groups excluding carboxylic acids is 3. The predicted octanol–water partition coefficient (Wildman–Crippen LogP) is 7.40. The fourth-order valence-electron chi connectivity index (χ4n) is 3.92. The van der Waals surface area contributed by atoms with E-state index in [1.54, 1.807) is 54.6 Å². The van der Waals surface area contributed by atoms with Gasteiger partial charge in [-0.15, -0.1) is 0 Å². The van der Waals surface area contributed by atoms with Crippen molar-refractivity contribution in [3.05, 3.63) is 111 Å². The average molecular weight is 563 g/mol. The van der Waals surface area contributed by atoms with Crippen LogP contribution >= 0.6 is 35.0 Å². The van der Waals surface area contributed by atoms with Gasteiger partial charge >= 0.3 is 0 Å². The number of hydrogen-bond donors (Lipinski definition) is 1. The van der Waals surface area contributed by atoms with Crippen molar-refractivity contribution in [2.75, 3.05) is 11.9 Å². The molecule has 4 aromatic carbocycles. The van der Waals surface area contributed by atoms with Crippen molar-refractivity contribution in [2.24, 2.45) is 0 Å². The molecule has 0 bridgehead atoms. The zero-order valence-electron chi connectivity index (χ0n) is 19.8. The summed E-state index contributed by atoms with van der Waals surface area (Å²) >= 11 is 12.9. The van der Waals surface area contributed by atoms with E-state index in [0.29, 0.717) is 27.0 Å². The molecule has 0 aliphatic carbocycles. The first-order valence-corrected chi connectivity index (χ1v) is 13.1. The van der Waals surface area contributed by atoms with Crippen LogP contribution in [-0.2, 0) is 16.2 Å². The quantitative estimate of drug-likeness (QED) is 0.237. The number of nitrogens with zero attached hydrogens (tertiary/aromatic N) is 1. The lowest BCUT2D eigenvalue weighted by Gasteiger charge is -2.13. The van der Waals surface area contributed by atoms with E-state index in [4.69, 9.17) is 27.9 Å². The molecular weight excluding hydrogens is 543 g/mol. The number of hydrogen-bond acceptors (Lipinski definition) is 5. The number of anilines is 1. The molecule has 38 heavy (non-hydrogen) atoms. The van der Waals surface area contributed by atoms with Gasteiger partial charge in [0.05, 0.1) is 4.91 Å². The molecular formula is C29H20Cl2N2O4S. The summed E-state index contributed by atoms with van der Waals surface area (Å²) in [5, 5.41) is 5.25. The smallest absolute Gasteiger partial charge is 0.294 e. The lowest BCUT2D eigenvalue weighted by molar-refractivity contribution is -0.127. The highest BCUT2D eigenvalue weighted by molar-refractivity contribution is 8.18.